The number of carbonyl (C=O) groups excluding carboxylic acids is 1. The van der Waals surface area contributed by atoms with E-state index in [1.54, 1.807) is 24.4 Å². The Labute approximate surface area is 120 Å². The number of rotatable bonds is 3. The van der Waals surface area contributed by atoms with E-state index in [2.05, 4.69) is 15.0 Å². The van der Waals surface area contributed by atoms with E-state index in [0.29, 0.717) is 5.65 Å². The summed E-state index contributed by atoms with van der Waals surface area (Å²) in [6.45, 7) is 0.270. The molecule has 20 heavy (non-hydrogen) atoms. The van der Waals surface area contributed by atoms with Crippen LogP contribution in [0.1, 0.15) is 6.42 Å². The Balaban J connectivity index is 2.01. The Kier molecular flexibility index (Phi) is 3.15. The van der Waals surface area contributed by atoms with Crippen molar-refractivity contribution in [1.29, 1.82) is 0 Å². The zero-order chi connectivity index (χ0) is 14.3. The van der Waals surface area contributed by atoms with E-state index in [0.717, 1.165) is 0 Å². The van der Waals surface area contributed by atoms with Gasteiger partial charge in [-0.1, -0.05) is 17.7 Å². The number of fused-ring (bicyclic) bond motifs is 1. The average molecular weight is 315 g/mol. The minimum atomic E-state index is -3.85. The van der Waals surface area contributed by atoms with Crippen molar-refractivity contribution in [3.8, 4) is 0 Å². The van der Waals surface area contributed by atoms with Crippen LogP contribution in [0.2, 0.25) is 5.15 Å². The van der Waals surface area contributed by atoms with E-state index < -0.39 is 16.1 Å². The van der Waals surface area contributed by atoms with Crippen molar-refractivity contribution in [2.75, 3.05) is 6.54 Å². The van der Waals surface area contributed by atoms with Crippen molar-refractivity contribution in [2.45, 2.75) is 17.5 Å². The molecule has 3 rings (SSSR count). The molecule has 1 atom stereocenters. The molecule has 2 aromatic heterocycles. The van der Waals surface area contributed by atoms with Crippen molar-refractivity contribution in [2.24, 2.45) is 0 Å². The van der Waals surface area contributed by atoms with Gasteiger partial charge in [-0.2, -0.15) is 0 Å². The van der Waals surface area contributed by atoms with Crippen LogP contribution >= 0.6 is 11.6 Å². The molecule has 1 saturated heterocycles. The molecule has 106 valence electrons. The van der Waals surface area contributed by atoms with Crippen LogP contribution in [0.25, 0.3) is 5.65 Å². The van der Waals surface area contributed by atoms with Gasteiger partial charge in [-0.3, -0.25) is 9.20 Å². The van der Waals surface area contributed by atoms with Crippen molar-refractivity contribution in [3.05, 3.63) is 29.5 Å². The summed E-state index contributed by atoms with van der Waals surface area (Å²) in [5, 5.41) is 2.36. The van der Waals surface area contributed by atoms with Gasteiger partial charge in [0.1, 0.15) is 5.65 Å². The third-order valence-electron chi connectivity index (χ3n) is 3.00. The molecule has 0 bridgehead atoms. The highest BCUT2D eigenvalue weighted by Crippen LogP contribution is 2.22. The standard InChI is InChI=1S/C11H11ClN4O3S/c12-10-11(16-4-2-1-3-8(16)14-10)20(18,19)15-7-5-9(17)13-6-7/h1-4,7,15H,5-6H2,(H,13,17). The van der Waals surface area contributed by atoms with E-state index >= 15 is 0 Å². The maximum absolute atomic E-state index is 12.4. The first-order chi connectivity index (χ1) is 9.47. The molecule has 0 spiro atoms. The van der Waals surface area contributed by atoms with E-state index in [9.17, 15) is 13.2 Å². The highest BCUT2D eigenvalue weighted by Gasteiger charge is 2.30. The molecule has 2 N–H and O–H groups in total. The lowest BCUT2D eigenvalue weighted by atomic mass is 10.3. The summed E-state index contributed by atoms with van der Waals surface area (Å²) in [4.78, 5) is 15.1. The topological polar surface area (TPSA) is 92.6 Å². The van der Waals surface area contributed by atoms with Gasteiger partial charge >= 0.3 is 0 Å². The lowest BCUT2D eigenvalue weighted by molar-refractivity contribution is -0.119. The Bertz CT molecular complexity index is 786. The van der Waals surface area contributed by atoms with Gasteiger partial charge in [-0.05, 0) is 12.1 Å². The van der Waals surface area contributed by atoms with Crippen LogP contribution in [0.4, 0.5) is 0 Å². The number of carbonyl (C=O) groups is 1. The van der Waals surface area contributed by atoms with E-state index in [4.69, 9.17) is 11.6 Å². The minimum absolute atomic E-state index is 0.0963. The van der Waals surface area contributed by atoms with Gasteiger partial charge in [0.25, 0.3) is 10.0 Å². The molecule has 9 heteroatoms. The molecule has 1 unspecified atom stereocenters. The lowest BCUT2D eigenvalue weighted by Crippen LogP contribution is -2.36. The van der Waals surface area contributed by atoms with Gasteiger partial charge in [-0.25, -0.2) is 18.1 Å². The first-order valence-corrected chi connectivity index (χ1v) is 7.75. The fourth-order valence-electron chi connectivity index (χ4n) is 2.15. The number of sulfonamides is 1. The van der Waals surface area contributed by atoms with Gasteiger partial charge in [0, 0.05) is 25.2 Å². The van der Waals surface area contributed by atoms with Gasteiger partial charge in [0.05, 0.1) is 0 Å². The molecular weight excluding hydrogens is 304 g/mol. The molecule has 1 aliphatic rings. The van der Waals surface area contributed by atoms with Crippen LogP contribution < -0.4 is 10.0 Å². The third-order valence-corrected chi connectivity index (χ3v) is 4.92. The second kappa shape index (κ2) is 4.72. The Morgan fingerprint density at radius 1 is 1.45 bits per heavy atom. The number of nitrogens with zero attached hydrogens (tertiary/aromatic N) is 2. The van der Waals surface area contributed by atoms with Crippen molar-refractivity contribution < 1.29 is 13.2 Å². The van der Waals surface area contributed by atoms with E-state index in [-0.39, 0.29) is 29.1 Å². The van der Waals surface area contributed by atoms with Crippen LogP contribution in [0.15, 0.2) is 29.4 Å². The predicted octanol–water partition coefficient (Wildman–Crippen LogP) is 0.154. The highest BCUT2D eigenvalue weighted by atomic mass is 35.5. The molecule has 1 aliphatic heterocycles. The Morgan fingerprint density at radius 2 is 2.25 bits per heavy atom. The molecule has 1 fully saturated rings. The number of amides is 1. The van der Waals surface area contributed by atoms with Crippen LogP contribution in [0.3, 0.4) is 0 Å². The molecule has 0 saturated carbocycles. The number of nitrogens with one attached hydrogen (secondary N) is 2. The number of halogens is 1. The van der Waals surface area contributed by atoms with Crippen molar-refractivity contribution in [1.82, 2.24) is 19.4 Å². The second-order valence-corrected chi connectivity index (χ2v) is 6.45. The summed E-state index contributed by atoms with van der Waals surface area (Å²) in [7, 11) is -3.85. The van der Waals surface area contributed by atoms with Gasteiger partial charge in [0.15, 0.2) is 10.2 Å². The fourth-order valence-corrected chi connectivity index (χ4v) is 4.03. The predicted molar refractivity (Wildman–Crippen MR) is 71.9 cm³/mol. The normalized spacial score (nSPS) is 19.4. The zero-order valence-electron chi connectivity index (χ0n) is 10.2. The number of pyridine rings is 1. The highest BCUT2D eigenvalue weighted by molar-refractivity contribution is 7.89. The van der Waals surface area contributed by atoms with Gasteiger partial charge in [0.2, 0.25) is 5.91 Å². The largest absolute Gasteiger partial charge is 0.354 e. The smallest absolute Gasteiger partial charge is 0.260 e. The molecule has 0 radical (unpaired) electrons. The van der Waals surface area contributed by atoms with Crippen LogP contribution in [0, 0.1) is 0 Å². The second-order valence-electron chi connectivity index (χ2n) is 4.46. The number of hydrogen-bond donors (Lipinski definition) is 2. The van der Waals surface area contributed by atoms with Crippen molar-refractivity contribution >= 4 is 33.2 Å². The first kappa shape index (κ1) is 13.3. The SMILES string of the molecule is O=C1CC(NS(=O)(=O)c2c(Cl)nc3ccccn23)CN1. The molecule has 2 aromatic rings. The summed E-state index contributed by atoms with van der Waals surface area (Å²) in [6, 6.07) is 4.61. The van der Waals surface area contributed by atoms with Gasteiger partial charge in [-0.15, -0.1) is 0 Å². The first-order valence-electron chi connectivity index (χ1n) is 5.89. The fraction of sp³-hybridized carbons (Fsp3) is 0.273. The number of imidazole rings is 1. The monoisotopic (exact) mass is 314 g/mol. The van der Waals surface area contributed by atoms with Crippen LogP contribution in [0.5, 0.6) is 0 Å². The molecule has 7 nitrogen and oxygen atoms in total. The molecule has 3 heterocycles. The number of hydrogen-bond acceptors (Lipinski definition) is 4. The summed E-state index contributed by atoms with van der Waals surface area (Å²) >= 11 is 5.93. The van der Waals surface area contributed by atoms with Crippen molar-refractivity contribution in [3.63, 3.8) is 0 Å². The van der Waals surface area contributed by atoms with Gasteiger partial charge < -0.3 is 5.32 Å². The average Bonchev–Trinajstić information content (AvgIpc) is 2.91. The maximum Gasteiger partial charge on any atom is 0.260 e. The third kappa shape index (κ3) is 2.26. The molecular formula is C11H11ClN4O3S. The quantitative estimate of drug-likeness (QED) is 0.843. The molecule has 0 aromatic carbocycles. The summed E-state index contributed by atoms with van der Waals surface area (Å²) in [5.41, 5.74) is 0.443. The molecule has 1 amide bonds. The van der Waals surface area contributed by atoms with Crippen LogP contribution in [-0.2, 0) is 14.8 Å². The summed E-state index contributed by atoms with van der Waals surface area (Å²) < 4.78 is 28.7. The molecule has 0 aliphatic carbocycles. The lowest BCUT2D eigenvalue weighted by Gasteiger charge is -2.11. The minimum Gasteiger partial charge on any atom is -0.354 e. The summed E-state index contributed by atoms with van der Waals surface area (Å²) in [6.07, 6.45) is 1.69. The van der Waals surface area contributed by atoms with E-state index in [1.807, 2.05) is 0 Å². The Morgan fingerprint density at radius 3 is 2.95 bits per heavy atom. The maximum atomic E-state index is 12.4. The van der Waals surface area contributed by atoms with E-state index in [1.165, 1.54) is 4.40 Å². The van der Waals surface area contributed by atoms with Crippen LogP contribution in [-0.4, -0.2) is 36.3 Å². The zero-order valence-corrected chi connectivity index (χ0v) is 11.8. The number of aromatic nitrogens is 2. The summed E-state index contributed by atoms with van der Waals surface area (Å²) in [5.74, 6) is -0.179. The Hall–Kier alpha value is -1.64.